The molecule has 30 heavy (non-hydrogen) atoms. The van der Waals surface area contributed by atoms with Gasteiger partial charge in [-0.25, -0.2) is 4.39 Å². The third-order valence-electron chi connectivity index (χ3n) is 5.24. The minimum atomic E-state index is -0.275. The van der Waals surface area contributed by atoms with E-state index < -0.39 is 0 Å². The molecule has 0 bridgehead atoms. The minimum Gasteiger partial charge on any atom is -0.493 e. The Morgan fingerprint density at radius 3 is 2.53 bits per heavy atom. The molecular weight excluding hydrogens is 387 g/mol. The number of carbonyl (C=O) groups excluding carboxylic acids is 2. The Labute approximate surface area is 176 Å². The lowest BCUT2D eigenvalue weighted by atomic mass is 10.1. The molecule has 2 aromatic rings. The Kier molecular flexibility index (Phi) is 7.27. The molecule has 0 unspecified atom stereocenters. The smallest absolute Gasteiger partial charge is 0.251 e. The van der Waals surface area contributed by atoms with Crippen LogP contribution in [0.2, 0.25) is 0 Å². The van der Waals surface area contributed by atoms with E-state index in [1.165, 1.54) is 6.07 Å². The number of benzene rings is 2. The molecular formula is C23H27FN2O4. The predicted octanol–water partition coefficient (Wildman–Crippen LogP) is 3.20. The van der Waals surface area contributed by atoms with Gasteiger partial charge in [0.25, 0.3) is 5.91 Å². The summed E-state index contributed by atoms with van der Waals surface area (Å²) in [6.45, 7) is 3.20. The maximum absolute atomic E-state index is 13.7. The second kappa shape index (κ2) is 10.1. The van der Waals surface area contributed by atoms with Crippen LogP contribution < -0.4 is 14.8 Å². The molecule has 1 saturated heterocycles. The Morgan fingerprint density at radius 2 is 1.87 bits per heavy atom. The van der Waals surface area contributed by atoms with Crippen molar-refractivity contribution < 1.29 is 23.5 Å². The van der Waals surface area contributed by atoms with Gasteiger partial charge in [-0.3, -0.25) is 9.59 Å². The predicted molar refractivity (Wildman–Crippen MR) is 111 cm³/mol. The molecule has 0 radical (unpaired) electrons. The van der Waals surface area contributed by atoms with Crippen molar-refractivity contribution in [1.29, 1.82) is 0 Å². The Bertz CT molecular complexity index is 895. The number of rotatable bonds is 7. The highest BCUT2D eigenvalue weighted by atomic mass is 19.1. The number of nitrogens with one attached hydrogen (secondary N) is 1. The normalized spacial score (nSPS) is 14.3. The van der Waals surface area contributed by atoms with E-state index in [2.05, 4.69) is 5.32 Å². The number of nitrogens with zero attached hydrogens (tertiary/aromatic N) is 1. The lowest BCUT2D eigenvalue weighted by molar-refractivity contribution is -0.130. The van der Waals surface area contributed by atoms with Crippen LogP contribution in [-0.4, -0.2) is 49.6 Å². The number of methoxy groups -OCH3 is 1. The number of piperidine rings is 1. The number of amides is 2. The fourth-order valence-corrected chi connectivity index (χ4v) is 3.49. The van der Waals surface area contributed by atoms with Gasteiger partial charge >= 0.3 is 0 Å². The first-order valence-corrected chi connectivity index (χ1v) is 10.1. The summed E-state index contributed by atoms with van der Waals surface area (Å²) in [4.78, 5) is 25.8. The van der Waals surface area contributed by atoms with Gasteiger partial charge in [-0.1, -0.05) is 18.2 Å². The molecule has 0 spiro atoms. The van der Waals surface area contributed by atoms with Crippen molar-refractivity contribution in [3.05, 3.63) is 59.4 Å². The monoisotopic (exact) mass is 414 g/mol. The standard InChI is InChI=1S/C23H27FN2O4/c1-16(27)26-13-10-19(11-14-26)30-22-15-18(7-8-21(22)29-2)23(28)25-12-9-17-5-3-4-6-20(17)24/h3-8,15,19H,9-14H2,1-2H3,(H,25,28). The third kappa shape index (κ3) is 5.49. The summed E-state index contributed by atoms with van der Waals surface area (Å²) in [7, 11) is 1.55. The molecule has 0 aromatic heterocycles. The van der Waals surface area contributed by atoms with Gasteiger partial charge in [-0.05, 0) is 36.2 Å². The summed E-state index contributed by atoms with van der Waals surface area (Å²) in [5.74, 6) is 0.584. The summed E-state index contributed by atoms with van der Waals surface area (Å²) < 4.78 is 25.2. The van der Waals surface area contributed by atoms with Crippen molar-refractivity contribution in [2.75, 3.05) is 26.7 Å². The molecule has 160 valence electrons. The van der Waals surface area contributed by atoms with Crippen molar-refractivity contribution in [3.63, 3.8) is 0 Å². The topological polar surface area (TPSA) is 67.9 Å². The average molecular weight is 414 g/mol. The number of halogens is 1. The van der Waals surface area contributed by atoms with Crippen LogP contribution in [0.4, 0.5) is 4.39 Å². The van der Waals surface area contributed by atoms with E-state index >= 15 is 0 Å². The van der Waals surface area contributed by atoms with Crippen molar-refractivity contribution in [3.8, 4) is 11.5 Å². The molecule has 1 heterocycles. The number of hydrogen-bond acceptors (Lipinski definition) is 4. The lowest BCUT2D eigenvalue weighted by Crippen LogP contribution is -2.40. The van der Waals surface area contributed by atoms with Gasteiger partial charge in [-0.2, -0.15) is 0 Å². The Hall–Kier alpha value is -3.09. The van der Waals surface area contributed by atoms with Crippen LogP contribution in [0.25, 0.3) is 0 Å². The number of likely N-dealkylation sites (tertiary alicyclic amines) is 1. The van der Waals surface area contributed by atoms with Gasteiger partial charge in [0.05, 0.1) is 7.11 Å². The summed E-state index contributed by atoms with van der Waals surface area (Å²) in [6.07, 6.45) is 1.81. The van der Waals surface area contributed by atoms with Gasteiger partial charge in [0.1, 0.15) is 11.9 Å². The van der Waals surface area contributed by atoms with E-state index in [0.717, 1.165) is 12.8 Å². The van der Waals surface area contributed by atoms with E-state index in [9.17, 15) is 14.0 Å². The zero-order valence-electron chi connectivity index (χ0n) is 17.3. The third-order valence-corrected chi connectivity index (χ3v) is 5.24. The van der Waals surface area contributed by atoms with Gasteiger partial charge in [0.15, 0.2) is 11.5 Å². The molecule has 1 aliphatic rings. The first-order chi connectivity index (χ1) is 14.5. The van der Waals surface area contributed by atoms with Crippen molar-refractivity contribution >= 4 is 11.8 Å². The highest BCUT2D eigenvalue weighted by molar-refractivity contribution is 5.94. The molecule has 2 amide bonds. The second-order valence-corrected chi connectivity index (χ2v) is 7.29. The zero-order valence-corrected chi connectivity index (χ0v) is 17.3. The fraction of sp³-hybridized carbons (Fsp3) is 0.391. The highest BCUT2D eigenvalue weighted by Crippen LogP contribution is 2.30. The molecule has 0 atom stereocenters. The van der Waals surface area contributed by atoms with E-state index in [0.29, 0.717) is 48.7 Å². The quantitative estimate of drug-likeness (QED) is 0.756. The zero-order chi connectivity index (χ0) is 21.5. The van der Waals surface area contributed by atoms with Crippen molar-refractivity contribution in [2.45, 2.75) is 32.3 Å². The lowest BCUT2D eigenvalue weighted by Gasteiger charge is -2.31. The van der Waals surface area contributed by atoms with Crippen molar-refractivity contribution in [1.82, 2.24) is 10.2 Å². The van der Waals surface area contributed by atoms with Crippen LogP contribution in [0, 0.1) is 5.82 Å². The number of ether oxygens (including phenoxy) is 2. The summed E-state index contributed by atoms with van der Waals surface area (Å²) >= 11 is 0. The molecule has 1 N–H and O–H groups in total. The van der Waals surface area contributed by atoms with Gasteiger partial charge in [0, 0.05) is 45.0 Å². The fourth-order valence-electron chi connectivity index (χ4n) is 3.49. The van der Waals surface area contributed by atoms with Crippen molar-refractivity contribution in [2.24, 2.45) is 0 Å². The second-order valence-electron chi connectivity index (χ2n) is 7.29. The van der Waals surface area contributed by atoms with E-state index in [-0.39, 0.29) is 23.7 Å². The molecule has 6 nitrogen and oxygen atoms in total. The molecule has 0 saturated carbocycles. The van der Waals surface area contributed by atoms with Crippen LogP contribution in [0.3, 0.4) is 0 Å². The maximum Gasteiger partial charge on any atom is 0.251 e. The Morgan fingerprint density at radius 1 is 1.13 bits per heavy atom. The van der Waals surface area contributed by atoms with E-state index in [1.807, 2.05) is 0 Å². The SMILES string of the molecule is COc1ccc(C(=O)NCCc2ccccc2F)cc1OC1CCN(C(C)=O)CC1. The summed E-state index contributed by atoms with van der Waals surface area (Å²) in [6, 6.07) is 11.6. The van der Waals surface area contributed by atoms with Crippen LogP contribution in [0.1, 0.15) is 35.7 Å². The van der Waals surface area contributed by atoms with Crippen LogP contribution in [0.15, 0.2) is 42.5 Å². The van der Waals surface area contributed by atoms with E-state index in [1.54, 1.807) is 55.3 Å². The van der Waals surface area contributed by atoms with Gasteiger partial charge < -0.3 is 19.7 Å². The number of hydrogen-bond donors (Lipinski definition) is 1. The van der Waals surface area contributed by atoms with Gasteiger partial charge in [0.2, 0.25) is 5.91 Å². The minimum absolute atomic E-state index is 0.0473. The average Bonchev–Trinajstić information content (AvgIpc) is 2.75. The summed E-state index contributed by atoms with van der Waals surface area (Å²) in [5.41, 5.74) is 1.01. The van der Waals surface area contributed by atoms with Crippen LogP contribution >= 0.6 is 0 Å². The molecule has 7 heteroatoms. The first kappa shape index (κ1) is 21.6. The summed E-state index contributed by atoms with van der Waals surface area (Å²) in [5, 5.41) is 2.82. The van der Waals surface area contributed by atoms with Crippen LogP contribution in [0.5, 0.6) is 11.5 Å². The van der Waals surface area contributed by atoms with Gasteiger partial charge in [-0.15, -0.1) is 0 Å². The highest BCUT2D eigenvalue weighted by Gasteiger charge is 2.23. The molecule has 1 aliphatic heterocycles. The van der Waals surface area contributed by atoms with E-state index in [4.69, 9.17) is 9.47 Å². The van der Waals surface area contributed by atoms with Crippen LogP contribution in [-0.2, 0) is 11.2 Å². The number of carbonyl (C=O) groups is 2. The molecule has 1 fully saturated rings. The Balaban J connectivity index is 1.60. The molecule has 3 rings (SSSR count). The maximum atomic E-state index is 13.7. The first-order valence-electron chi connectivity index (χ1n) is 10.1. The molecule has 0 aliphatic carbocycles. The largest absolute Gasteiger partial charge is 0.493 e. The molecule has 2 aromatic carbocycles.